The molecule has 0 amide bonds. The van der Waals surface area contributed by atoms with Crippen molar-refractivity contribution in [3.8, 4) is 5.75 Å². The minimum Gasteiger partial charge on any atom is -0.531 e. The van der Waals surface area contributed by atoms with Crippen molar-refractivity contribution in [2.75, 3.05) is 12.3 Å². The molecule has 0 atom stereocenters. The SMILES string of the molecule is O=S(=O)(C[C@H]1C[C@@H](C2=CB(O)Oc3cnc4[nH]ccc4c32)C1)NCC1CC1. The second kappa shape index (κ2) is 6.36. The van der Waals surface area contributed by atoms with E-state index in [1.807, 2.05) is 12.3 Å². The van der Waals surface area contributed by atoms with Gasteiger partial charge in [-0.25, -0.2) is 18.1 Å². The Morgan fingerprint density at radius 1 is 1.33 bits per heavy atom. The molecule has 0 radical (unpaired) electrons. The van der Waals surface area contributed by atoms with E-state index >= 15 is 0 Å². The van der Waals surface area contributed by atoms with E-state index in [9.17, 15) is 13.4 Å². The summed E-state index contributed by atoms with van der Waals surface area (Å²) in [5.74, 6) is 3.43. The molecule has 142 valence electrons. The Balaban J connectivity index is 1.31. The summed E-state index contributed by atoms with van der Waals surface area (Å²) in [7, 11) is -4.20. The molecule has 3 aliphatic rings. The highest BCUT2D eigenvalue weighted by atomic mass is 32.2. The minimum absolute atomic E-state index is 0.152. The molecule has 3 N–H and O–H groups in total. The van der Waals surface area contributed by atoms with Crippen LogP contribution in [0.3, 0.4) is 0 Å². The first-order chi connectivity index (χ1) is 13.0. The average Bonchev–Trinajstić information content (AvgIpc) is 3.30. The highest BCUT2D eigenvalue weighted by molar-refractivity contribution is 7.89. The van der Waals surface area contributed by atoms with Crippen LogP contribution < -0.4 is 9.38 Å². The molecule has 0 saturated heterocycles. The van der Waals surface area contributed by atoms with Crippen molar-refractivity contribution in [1.29, 1.82) is 0 Å². The topological polar surface area (TPSA) is 104 Å². The lowest BCUT2D eigenvalue weighted by Gasteiger charge is -2.38. The summed E-state index contributed by atoms with van der Waals surface area (Å²) in [6, 6.07) is 1.96. The molecule has 0 spiro atoms. The van der Waals surface area contributed by atoms with Crippen LogP contribution in [0.4, 0.5) is 0 Å². The molecule has 0 aromatic carbocycles. The predicted molar refractivity (Wildman–Crippen MR) is 103 cm³/mol. The maximum atomic E-state index is 12.2. The van der Waals surface area contributed by atoms with E-state index in [0.29, 0.717) is 18.2 Å². The smallest absolute Gasteiger partial charge is 0.531 e. The minimum atomic E-state index is -3.21. The molecule has 2 aromatic rings. The number of fused-ring (bicyclic) bond motifs is 3. The van der Waals surface area contributed by atoms with Gasteiger partial charge in [-0.2, -0.15) is 0 Å². The van der Waals surface area contributed by atoms with Gasteiger partial charge >= 0.3 is 7.12 Å². The van der Waals surface area contributed by atoms with Crippen molar-refractivity contribution in [3.63, 3.8) is 0 Å². The van der Waals surface area contributed by atoms with E-state index in [1.165, 1.54) is 0 Å². The third kappa shape index (κ3) is 3.39. The number of nitrogens with zero attached hydrogens (tertiary/aromatic N) is 1. The number of hydrogen-bond donors (Lipinski definition) is 3. The quantitative estimate of drug-likeness (QED) is 0.655. The van der Waals surface area contributed by atoms with Crippen LogP contribution in [0.2, 0.25) is 0 Å². The third-order valence-electron chi connectivity index (χ3n) is 5.83. The van der Waals surface area contributed by atoms with Crippen molar-refractivity contribution < 1.29 is 18.1 Å². The van der Waals surface area contributed by atoms with E-state index in [2.05, 4.69) is 14.7 Å². The summed E-state index contributed by atoms with van der Waals surface area (Å²) in [4.78, 5) is 7.42. The number of aromatic nitrogens is 2. The number of aromatic amines is 1. The van der Waals surface area contributed by atoms with Gasteiger partial charge in [0.15, 0.2) is 0 Å². The van der Waals surface area contributed by atoms with Crippen LogP contribution in [0.5, 0.6) is 5.75 Å². The van der Waals surface area contributed by atoms with Gasteiger partial charge in [-0.1, -0.05) is 0 Å². The van der Waals surface area contributed by atoms with Gasteiger partial charge in [0.1, 0.15) is 11.4 Å². The molecule has 2 aliphatic carbocycles. The molecule has 2 fully saturated rings. The van der Waals surface area contributed by atoms with Gasteiger partial charge in [0.05, 0.1) is 11.9 Å². The largest absolute Gasteiger partial charge is 0.552 e. The number of nitrogens with one attached hydrogen (secondary N) is 2. The summed E-state index contributed by atoms with van der Waals surface area (Å²) >= 11 is 0. The van der Waals surface area contributed by atoms with Crippen LogP contribution in [0.15, 0.2) is 24.4 Å². The predicted octanol–water partition coefficient (Wildman–Crippen LogP) is 1.71. The Morgan fingerprint density at radius 3 is 2.93 bits per heavy atom. The highest BCUT2D eigenvalue weighted by Gasteiger charge is 2.39. The molecule has 2 saturated carbocycles. The normalized spacial score (nSPS) is 24.9. The van der Waals surface area contributed by atoms with Crippen molar-refractivity contribution in [2.24, 2.45) is 17.8 Å². The lowest BCUT2D eigenvalue weighted by molar-refractivity contribution is 0.272. The Hall–Kier alpha value is -1.84. The van der Waals surface area contributed by atoms with Crippen LogP contribution in [0.1, 0.15) is 31.2 Å². The molecule has 9 heteroatoms. The molecular weight excluding hydrogens is 365 g/mol. The van der Waals surface area contributed by atoms with E-state index in [0.717, 1.165) is 47.9 Å². The van der Waals surface area contributed by atoms with Gasteiger partial charge in [-0.05, 0) is 61.1 Å². The number of sulfonamides is 1. The van der Waals surface area contributed by atoms with E-state index in [-0.39, 0.29) is 17.6 Å². The van der Waals surface area contributed by atoms with Gasteiger partial charge in [0, 0.05) is 23.7 Å². The number of H-pyrrole nitrogens is 1. The Labute approximate surface area is 158 Å². The van der Waals surface area contributed by atoms with E-state index < -0.39 is 17.1 Å². The van der Waals surface area contributed by atoms with Gasteiger partial charge in [0.2, 0.25) is 10.0 Å². The maximum Gasteiger partial charge on any atom is 0.552 e. The molecule has 0 unspecified atom stereocenters. The second-order valence-electron chi connectivity index (χ2n) is 7.98. The molecule has 7 nitrogen and oxygen atoms in total. The molecule has 3 heterocycles. The first-order valence-electron chi connectivity index (χ1n) is 9.49. The maximum absolute atomic E-state index is 12.2. The van der Waals surface area contributed by atoms with Crippen LogP contribution in [-0.4, -0.2) is 42.8 Å². The first kappa shape index (κ1) is 17.3. The van der Waals surface area contributed by atoms with Crippen LogP contribution in [0, 0.1) is 17.8 Å². The lowest BCUT2D eigenvalue weighted by atomic mass is 9.66. The van der Waals surface area contributed by atoms with Crippen LogP contribution >= 0.6 is 0 Å². The fourth-order valence-electron chi connectivity index (χ4n) is 4.18. The second-order valence-corrected chi connectivity index (χ2v) is 9.83. The van der Waals surface area contributed by atoms with Crippen molar-refractivity contribution in [3.05, 3.63) is 30.0 Å². The fourth-order valence-corrected chi connectivity index (χ4v) is 5.68. The number of rotatable bonds is 6. The summed E-state index contributed by atoms with van der Waals surface area (Å²) in [5.41, 5.74) is 2.78. The van der Waals surface area contributed by atoms with Gasteiger partial charge in [-0.3, -0.25) is 0 Å². The summed E-state index contributed by atoms with van der Waals surface area (Å²) in [6.45, 7) is 0.582. The van der Waals surface area contributed by atoms with Crippen molar-refractivity contribution in [1.82, 2.24) is 14.7 Å². The zero-order valence-electron chi connectivity index (χ0n) is 14.9. The molecule has 5 rings (SSSR count). The fraction of sp³-hybridized carbons (Fsp3) is 0.500. The average molecular weight is 387 g/mol. The molecule has 2 aromatic heterocycles. The van der Waals surface area contributed by atoms with Crippen molar-refractivity contribution >= 4 is 33.7 Å². The molecular formula is C18H22BN3O4S. The molecule has 27 heavy (non-hydrogen) atoms. The zero-order chi connectivity index (χ0) is 18.6. The number of allylic oxidation sites excluding steroid dienone is 1. The lowest BCUT2D eigenvalue weighted by Crippen LogP contribution is -2.37. The van der Waals surface area contributed by atoms with Gasteiger partial charge in [0.25, 0.3) is 0 Å². The first-order valence-corrected chi connectivity index (χ1v) is 11.1. The molecule has 0 bridgehead atoms. The van der Waals surface area contributed by atoms with Crippen LogP contribution in [-0.2, 0) is 10.0 Å². The number of hydrogen-bond acceptors (Lipinski definition) is 5. The summed E-state index contributed by atoms with van der Waals surface area (Å²) in [5, 5.41) is 11.0. The van der Waals surface area contributed by atoms with Crippen LogP contribution in [0.25, 0.3) is 16.6 Å². The molecule has 1 aliphatic heterocycles. The zero-order valence-corrected chi connectivity index (χ0v) is 15.7. The monoisotopic (exact) mass is 387 g/mol. The van der Waals surface area contributed by atoms with Gasteiger partial charge in [-0.15, -0.1) is 0 Å². The van der Waals surface area contributed by atoms with E-state index in [4.69, 9.17) is 4.65 Å². The van der Waals surface area contributed by atoms with Gasteiger partial charge < -0.3 is 14.7 Å². The Kier molecular flexibility index (Phi) is 4.07. The standard InChI is InChI=1S/C18H22BN3O4S/c23-19-7-15(17-14-3-4-20-18(14)21-9-16(17)26-19)13-5-12(6-13)10-27(24,25)22-8-11-1-2-11/h3-4,7,9,11-13,22-23H,1-2,5-6,8,10H2,(H,20,21)/t12-,13+. The summed E-state index contributed by atoms with van der Waals surface area (Å²) < 4.78 is 32.7. The highest BCUT2D eigenvalue weighted by Crippen LogP contribution is 2.48. The van der Waals surface area contributed by atoms with E-state index in [1.54, 1.807) is 12.2 Å². The van der Waals surface area contributed by atoms with Crippen molar-refractivity contribution in [2.45, 2.75) is 25.7 Å². The third-order valence-corrected chi connectivity index (χ3v) is 7.35. The Morgan fingerprint density at radius 2 is 2.15 bits per heavy atom. The number of pyridine rings is 1. The summed E-state index contributed by atoms with van der Waals surface area (Å²) in [6.07, 6.45) is 7.34. The Bertz CT molecular complexity index is 1010.